The third kappa shape index (κ3) is 3.35. The number of nitrogens with one attached hydrogen (secondary N) is 1. The van der Waals surface area contributed by atoms with E-state index in [2.05, 4.69) is 10.4 Å². The minimum Gasteiger partial charge on any atom is -0.350 e. The molecule has 106 valence electrons. The van der Waals surface area contributed by atoms with Gasteiger partial charge in [0.15, 0.2) is 0 Å². The van der Waals surface area contributed by atoms with Gasteiger partial charge < -0.3 is 11.1 Å². The molecule has 1 aromatic heterocycles. The van der Waals surface area contributed by atoms with Gasteiger partial charge in [-0.2, -0.15) is 5.10 Å². The summed E-state index contributed by atoms with van der Waals surface area (Å²) in [5.41, 5.74) is 7.61. The van der Waals surface area contributed by atoms with E-state index in [-0.39, 0.29) is 11.9 Å². The van der Waals surface area contributed by atoms with E-state index in [0.717, 1.165) is 18.5 Å². The molecule has 1 aliphatic carbocycles. The van der Waals surface area contributed by atoms with E-state index in [9.17, 15) is 4.79 Å². The van der Waals surface area contributed by atoms with Crippen LogP contribution in [0.25, 0.3) is 0 Å². The average Bonchev–Trinajstić information content (AvgIpc) is 2.79. The van der Waals surface area contributed by atoms with Crippen LogP contribution in [0.2, 0.25) is 0 Å². The lowest BCUT2D eigenvalue weighted by Gasteiger charge is -2.28. The molecule has 2 atom stereocenters. The number of aromatic nitrogens is 2. The Kier molecular flexibility index (Phi) is 4.58. The molecule has 5 heteroatoms. The maximum atomic E-state index is 12.2. The van der Waals surface area contributed by atoms with Crippen molar-refractivity contribution in [2.24, 2.45) is 11.7 Å². The molecule has 0 aliphatic heterocycles. The highest BCUT2D eigenvalue weighted by Gasteiger charge is 2.23. The van der Waals surface area contributed by atoms with Gasteiger partial charge in [-0.05, 0) is 38.7 Å². The second-order valence-corrected chi connectivity index (χ2v) is 5.41. The first-order chi connectivity index (χ1) is 9.11. The molecule has 0 aromatic carbocycles. The van der Waals surface area contributed by atoms with Crippen LogP contribution in [0.1, 0.15) is 48.8 Å². The van der Waals surface area contributed by atoms with E-state index in [1.807, 2.05) is 19.9 Å². The van der Waals surface area contributed by atoms with E-state index < -0.39 is 0 Å². The summed E-state index contributed by atoms with van der Waals surface area (Å²) in [7, 11) is 0. The van der Waals surface area contributed by atoms with Gasteiger partial charge in [0.2, 0.25) is 0 Å². The summed E-state index contributed by atoms with van der Waals surface area (Å²) in [5.74, 6) is 0.372. The normalized spacial score (nSPS) is 23.3. The molecule has 1 aromatic rings. The Morgan fingerprint density at radius 3 is 2.95 bits per heavy atom. The average molecular weight is 264 g/mol. The SMILES string of the molecule is CCn1nc(C)cc1C(=O)NCC1CCCCC1N. The van der Waals surface area contributed by atoms with Crippen molar-refractivity contribution in [2.75, 3.05) is 6.54 Å². The van der Waals surface area contributed by atoms with Crippen LogP contribution in [0, 0.1) is 12.8 Å². The Hall–Kier alpha value is -1.36. The van der Waals surface area contributed by atoms with Crippen molar-refractivity contribution in [1.29, 1.82) is 0 Å². The van der Waals surface area contributed by atoms with E-state index >= 15 is 0 Å². The quantitative estimate of drug-likeness (QED) is 0.864. The van der Waals surface area contributed by atoms with Gasteiger partial charge in [0.25, 0.3) is 5.91 Å². The highest BCUT2D eigenvalue weighted by Crippen LogP contribution is 2.22. The second kappa shape index (κ2) is 6.19. The van der Waals surface area contributed by atoms with Crippen LogP contribution in [0.15, 0.2) is 6.07 Å². The fourth-order valence-electron chi connectivity index (χ4n) is 2.77. The maximum absolute atomic E-state index is 12.2. The number of aryl methyl sites for hydroxylation is 2. The molecule has 0 bridgehead atoms. The summed E-state index contributed by atoms with van der Waals surface area (Å²) in [6, 6.07) is 2.06. The largest absolute Gasteiger partial charge is 0.350 e. The number of nitrogens with zero attached hydrogens (tertiary/aromatic N) is 2. The Bertz CT molecular complexity index is 441. The maximum Gasteiger partial charge on any atom is 0.269 e. The second-order valence-electron chi connectivity index (χ2n) is 5.41. The zero-order chi connectivity index (χ0) is 13.8. The van der Waals surface area contributed by atoms with Crippen LogP contribution in [0.5, 0.6) is 0 Å². The first kappa shape index (κ1) is 14.1. The van der Waals surface area contributed by atoms with Crippen LogP contribution in [-0.4, -0.2) is 28.3 Å². The Morgan fingerprint density at radius 2 is 2.26 bits per heavy atom. The number of carbonyl (C=O) groups excluding carboxylic acids is 1. The Morgan fingerprint density at radius 1 is 1.53 bits per heavy atom. The molecule has 1 heterocycles. The molecule has 1 saturated carbocycles. The predicted molar refractivity (Wildman–Crippen MR) is 74.9 cm³/mol. The Labute approximate surface area is 114 Å². The Balaban J connectivity index is 1.93. The molecule has 3 N–H and O–H groups in total. The molecule has 1 fully saturated rings. The fraction of sp³-hybridized carbons (Fsp3) is 0.714. The smallest absolute Gasteiger partial charge is 0.269 e. The van der Waals surface area contributed by atoms with Crippen molar-refractivity contribution in [1.82, 2.24) is 15.1 Å². The van der Waals surface area contributed by atoms with E-state index in [1.165, 1.54) is 12.8 Å². The summed E-state index contributed by atoms with van der Waals surface area (Å²) < 4.78 is 1.74. The first-order valence-electron chi connectivity index (χ1n) is 7.20. The molecule has 0 radical (unpaired) electrons. The van der Waals surface area contributed by atoms with E-state index in [1.54, 1.807) is 4.68 Å². The molecule has 0 saturated heterocycles. The predicted octanol–water partition coefficient (Wildman–Crippen LogP) is 1.46. The number of hydrogen-bond donors (Lipinski definition) is 2. The molecule has 19 heavy (non-hydrogen) atoms. The molecule has 2 unspecified atom stereocenters. The van der Waals surface area contributed by atoms with Gasteiger partial charge in [-0.1, -0.05) is 12.8 Å². The summed E-state index contributed by atoms with van der Waals surface area (Å²) in [6.07, 6.45) is 4.63. The zero-order valence-electron chi connectivity index (χ0n) is 11.9. The minimum atomic E-state index is -0.0415. The minimum absolute atomic E-state index is 0.0415. The lowest BCUT2D eigenvalue weighted by molar-refractivity contribution is 0.0930. The van der Waals surface area contributed by atoms with E-state index in [0.29, 0.717) is 24.7 Å². The van der Waals surface area contributed by atoms with E-state index in [4.69, 9.17) is 5.73 Å². The lowest BCUT2D eigenvalue weighted by atomic mass is 9.85. The topological polar surface area (TPSA) is 72.9 Å². The number of amides is 1. The van der Waals surface area contributed by atoms with Crippen molar-refractivity contribution < 1.29 is 4.79 Å². The number of rotatable bonds is 4. The standard InChI is InChI=1S/C14H24N4O/c1-3-18-13(8-10(2)17-18)14(19)16-9-11-6-4-5-7-12(11)15/h8,11-12H,3-7,9,15H2,1-2H3,(H,16,19). The molecule has 2 rings (SSSR count). The first-order valence-corrected chi connectivity index (χ1v) is 7.20. The van der Waals surface area contributed by atoms with Crippen molar-refractivity contribution in [2.45, 2.75) is 52.1 Å². The van der Waals surface area contributed by atoms with Gasteiger partial charge in [-0.15, -0.1) is 0 Å². The van der Waals surface area contributed by atoms with Gasteiger partial charge in [0, 0.05) is 19.1 Å². The third-order valence-electron chi connectivity index (χ3n) is 3.93. The highest BCUT2D eigenvalue weighted by atomic mass is 16.2. The highest BCUT2D eigenvalue weighted by molar-refractivity contribution is 5.92. The van der Waals surface area contributed by atoms with Crippen molar-refractivity contribution in [3.05, 3.63) is 17.5 Å². The van der Waals surface area contributed by atoms with Crippen LogP contribution in [-0.2, 0) is 6.54 Å². The summed E-state index contributed by atoms with van der Waals surface area (Å²) in [5, 5.41) is 7.30. The number of carbonyl (C=O) groups is 1. The fourth-order valence-corrected chi connectivity index (χ4v) is 2.77. The van der Waals surface area contributed by atoms with Crippen molar-refractivity contribution in [3.63, 3.8) is 0 Å². The molecule has 0 spiro atoms. The molecular formula is C14H24N4O. The summed E-state index contributed by atoms with van der Waals surface area (Å²) in [6.45, 7) is 5.27. The van der Waals surface area contributed by atoms with Gasteiger partial charge >= 0.3 is 0 Å². The van der Waals surface area contributed by atoms with Crippen molar-refractivity contribution >= 4 is 5.91 Å². The zero-order valence-corrected chi connectivity index (χ0v) is 11.9. The van der Waals surface area contributed by atoms with Crippen molar-refractivity contribution in [3.8, 4) is 0 Å². The summed E-state index contributed by atoms with van der Waals surface area (Å²) >= 11 is 0. The van der Waals surface area contributed by atoms with Crippen LogP contribution >= 0.6 is 0 Å². The van der Waals surface area contributed by atoms with Gasteiger partial charge in [0.1, 0.15) is 5.69 Å². The summed E-state index contributed by atoms with van der Waals surface area (Å²) in [4.78, 5) is 12.2. The van der Waals surface area contributed by atoms with Crippen LogP contribution in [0.4, 0.5) is 0 Å². The molecule has 5 nitrogen and oxygen atoms in total. The van der Waals surface area contributed by atoms with Gasteiger partial charge in [-0.25, -0.2) is 0 Å². The monoisotopic (exact) mass is 264 g/mol. The van der Waals surface area contributed by atoms with Crippen LogP contribution < -0.4 is 11.1 Å². The van der Waals surface area contributed by atoms with Gasteiger partial charge in [0.05, 0.1) is 5.69 Å². The van der Waals surface area contributed by atoms with Crippen LogP contribution in [0.3, 0.4) is 0 Å². The third-order valence-corrected chi connectivity index (χ3v) is 3.93. The lowest BCUT2D eigenvalue weighted by Crippen LogP contribution is -2.41. The number of hydrogen-bond acceptors (Lipinski definition) is 3. The molecule has 1 aliphatic rings. The van der Waals surface area contributed by atoms with Gasteiger partial charge in [-0.3, -0.25) is 9.48 Å². The molecular weight excluding hydrogens is 240 g/mol. The molecule has 1 amide bonds. The number of nitrogens with two attached hydrogens (primary N) is 1.